The van der Waals surface area contributed by atoms with E-state index in [0.717, 1.165) is 16.9 Å². The summed E-state index contributed by atoms with van der Waals surface area (Å²) >= 11 is 0. The minimum absolute atomic E-state index is 0.328. The molecule has 0 unspecified atom stereocenters. The van der Waals surface area contributed by atoms with Gasteiger partial charge in [-0.05, 0) is 49.7 Å². The quantitative estimate of drug-likeness (QED) is 0.641. The first-order chi connectivity index (χ1) is 12.7. The highest BCUT2D eigenvalue weighted by atomic mass is 16.5. The molecule has 1 aromatic heterocycles. The summed E-state index contributed by atoms with van der Waals surface area (Å²) in [4.78, 5) is 20.2. The molecule has 0 aliphatic rings. The van der Waals surface area contributed by atoms with E-state index in [1.54, 1.807) is 19.1 Å². The Balaban J connectivity index is 1.71. The van der Waals surface area contributed by atoms with E-state index in [4.69, 9.17) is 4.74 Å². The number of aryl methyl sites for hydroxylation is 1. The minimum atomic E-state index is -0.328. The highest BCUT2D eigenvalue weighted by Crippen LogP contribution is 2.21. The van der Waals surface area contributed by atoms with Crippen molar-refractivity contribution in [2.45, 2.75) is 13.8 Å². The number of hydrogen-bond donors (Lipinski definition) is 2. The molecule has 0 aliphatic carbocycles. The molecule has 2 aromatic carbocycles. The minimum Gasteiger partial charge on any atom is -0.462 e. The molecular weight excluding hydrogens is 328 g/mol. The Labute approximate surface area is 152 Å². The number of nitrogens with zero attached hydrogens (tertiary/aromatic N) is 2. The number of carbonyl (C=O) groups excluding carboxylic acids is 1. The molecule has 26 heavy (non-hydrogen) atoms. The van der Waals surface area contributed by atoms with Gasteiger partial charge in [0.1, 0.15) is 18.0 Å². The maximum absolute atomic E-state index is 11.7. The lowest BCUT2D eigenvalue weighted by atomic mass is 10.2. The molecule has 0 saturated heterocycles. The van der Waals surface area contributed by atoms with Crippen LogP contribution in [0.3, 0.4) is 0 Å². The molecule has 132 valence electrons. The molecular formula is C20H20N4O2. The summed E-state index contributed by atoms with van der Waals surface area (Å²) in [5.74, 6) is 1.02. The van der Waals surface area contributed by atoms with E-state index in [9.17, 15) is 4.79 Å². The molecule has 0 radical (unpaired) electrons. The smallest absolute Gasteiger partial charge is 0.338 e. The number of esters is 1. The van der Waals surface area contributed by atoms with Crippen LogP contribution in [0, 0.1) is 6.92 Å². The van der Waals surface area contributed by atoms with E-state index >= 15 is 0 Å². The van der Waals surface area contributed by atoms with Gasteiger partial charge in [0.15, 0.2) is 0 Å². The molecule has 0 atom stereocenters. The zero-order valence-corrected chi connectivity index (χ0v) is 14.7. The van der Waals surface area contributed by atoms with Gasteiger partial charge in [0.25, 0.3) is 0 Å². The second kappa shape index (κ2) is 8.11. The number of nitrogens with one attached hydrogen (secondary N) is 2. The lowest BCUT2D eigenvalue weighted by Crippen LogP contribution is -2.04. The Bertz CT molecular complexity index is 894. The van der Waals surface area contributed by atoms with Crippen LogP contribution in [0.5, 0.6) is 0 Å². The number of rotatable bonds is 6. The third-order valence-corrected chi connectivity index (χ3v) is 3.74. The van der Waals surface area contributed by atoms with Gasteiger partial charge in [-0.25, -0.2) is 14.8 Å². The highest BCUT2D eigenvalue weighted by molar-refractivity contribution is 5.89. The summed E-state index contributed by atoms with van der Waals surface area (Å²) in [6, 6.07) is 16.9. The molecule has 3 rings (SSSR count). The standard InChI is InChI=1S/C20H20N4O2/c1-3-26-20(25)15-8-10-16(11-9-15)23-18-12-19(22-13-21-18)24-17-7-5-4-6-14(17)2/h4-13H,3H2,1-2H3,(H2,21,22,23,24). The van der Waals surface area contributed by atoms with Gasteiger partial charge in [0.05, 0.1) is 12.2 Å². The van der Waals surface area contributed by atoms with Gasteiger partial charge >= 0.3 is 5.97 Å². The second-order valence-corrected chi connectivity index (χ2v) is 5.65. The van der Waals surface area contributed by atoms with Gasteiger partial charge in [-0.15, -0.1) is 0 Å². The van der Waals surface area contributed by atoms with Crippen LogP contribution in [-0.2, 0) is 4.74 Å². The number of para-hydroxylation sites is 1. The van der Waals surface area contributed by atoms with Gasteiger partial charge in [0, 0.05) is 17.4 Å². The van der Waals surface area contributed by atoms with Gasteiger partial charge in [-0.1, -0.05) is 18.2 Å². The number of anilines is 4. The number of carbonyl (C=O) groups is 1. The van der Waals surface area contributed by atoms with Crippen LogP contribution in [0.2, 0.25) is 0 Å². The second-order valence-electron chi connectivity index (χ2n) is 5.65. The van der Waals surface area contributed by atoms with Crippen LogP contribution in [0.4, 0.5) is 23.0 Å². The van der Waals surface area contributed by atoms with E-state index < -0.39 is 0 Å². The van der Waals surface area contributed by atoms with Crippen molar-refractivity contribution in [1.29, 1.82) is 0 Å². The lowest BCUT2D eigenvalue weighted by Gasteiger charge is -2.10. The van der Waals surface area contributed by atoms with Crippen LogP contribution >= 0.6 is 0 Å². The first-order valence-electron chi connectivity index (χ1n) is 8.34. The first-order valence-corrected chi connectivity index (χ1v) is 8.34. The molecule has 0 spiro atoms. The fourth-order valence-corrected chi connectivity index (χ4v) is 2.40. The van der Waals surface area contributed by atoms with Crippen LogP contribution in [0.15, 0.2) is 60.9 Å². The zero-order chi connectivity index (χ0) is 18.4. The Morgan fingerprint density at radius 2 is 1.69 bits per heavy atom. The Morgan fingerprint density at radius 1 is 1.00 bits per heavy atom. The van der Waals surface area contributed by atoms with E-state index in [1.807, 2.05) is 49.4 Å². The van der Waals surface area contributed by atoms with E-state index in [0.29, 0.717) is 23.8 Å². The maximum atomic E-state index is 11.7. The van der Waals surface area contributed by atoms with E-state index in [2.05, 4.69) is 20.6 Å². The molecule has 6 heteroatoms. The predicted octanol–water partition coefficient (Wildman–Crippen LogP) is 4.45. The number of hydrogen-bond acceptors (Lipinski definition) is 6. The van der Waals surface area contributed by atoms with Gasteiger partial charge in [0.2, 0.25) is 0 Å². The molecule has 0 fully saturated rings. The fraction of sp³-hybridized carbons (Fsp3) is 0.150. The van der Waals surface area contributed by atoms with Crippen molar-refractivity contribution >= 4 is 29.0 Å². The molecule has 1 heterocycles. The van der Waals surface area contributed by atoms with Gasteiger partial charge < -0.3 is 15.4 Å². The summed E-state index contributed by atoms with van der Waals surface area (Å²) < 4.78 is 4.98. The first kappa shape index (κ1) is 17.4. The molecule has 0 amide bonds. The monoisotopic (exact) mass is 348 g/mol. The fourth-order valence-electron chi connectivity index (χ4n) is 2.40. The lowest BCUT2D eigenvalue weighted by molar-refractivity contribution is 0.0526. The van der Waals surface area contributed by atoms with Crippen LogP contribution in [0.25, 0.3) is 0 Å². The SMILES string of the molecule is CCOC(=O)c1ccc(Nc2cc(Nc3ccccc3C)ncn2)cc1. The van der Waals surface area contributed by atoms with Crippen molar-refractivity contribution in [3.63, 3.8) is 0 Å². The molecule has 0 aliphatic heterocycles. The highest BCUT2D eigenvalue weighted by Gasteiger charge is 2.06. The van der Waals surface area contributed by atoms with Gasteiger partial charge in [-0.2, -0.15) is 0 Å². The summed E-state index contributed by atoms with van der Waals surface area (Å²) in [6.45, 7) is 4.18. The number of ether oxygens (including phenoxy) is 1. The summed E-state index contributed by atoms with van der Waals surface area (Å²) in [5.41, 5.74) is 3.46. The average molecular weight is 348 g/mol. The van der Waals surface area contributed by atoms with Gasteiger partial charge in [-0.3, -0.25) is 0 Å². The average Bonchev–Trinajstić information content (AvgIpc) is 2.65. The Kier molecular flexibility index (Phi) is 5.43. The topological polar surface area (TPSA) is 76.1 Å². The molecule has 3 aromatic rings. The number of aromatic nitrogens is 2. The summed E-state index contributed by atoms with van der Waals surface area (Å²) in [5, 5.41) is 6.48. The number of benzene rings is 2. The third-order valence-electron chi connectivity index (χ3n) is 3.74. The normalized spacial score (nSPS) is 10.2. The van der Waals surface area contributed by atoms with Crippen LogP contribution in [-0.4, -0.2) is 22.5 Å². The van der Waals surface area contributed by atoms with E-state index in [1.165, 1.54) is 6.33 Å². The summed E-state index contributed by atoms with van der Waals surface area (Å²) in [7, 11) is 0. The third kappa shape index (κ3) is 4.36. The van der Waals surface area contributed by atoms with Crippen molar-refractivity contribution < 1.29 is 9.53 Å². The Morgan fingerprint density at radius 3 is 2.38 bits per heavy atom. The van der Waals surface area contributed by atoms with Crippen molar-refractivity contribution in [1.82, 2.24) is 9.97 Å². The maximum Gasteiger partial charge on any atom is 0.338 e. The molecule has 6 nitrogen and oxygen atoms in total. The van der Waals surface area contributed by atoms with Crippen molar-refractivity contribution in [3.8, 4) is 0 Å². The largest absolute Gasteiger partial charge is 0.462 e. The zero-order valence-electron chi connectivity index (χ0n) is 14.7. The molecule has 0 saturated carbocycles. The molecule has 2 N–H and O–H groups in total. The van der Waals surface area contributed by atoms with Crippen molar-refractivity contribution in [2.75, 3.05) is 17.2 Å². The predicted molar refractivity (Wildman–Crippen MR) is 102 cm³/mol. The molecule has 0 bridgehead atoms. The Hall–Kier alpha value is -3.41. The van der Waals surface area contributed by atoms with Crippen molar-refractivity contribution in [3.05, 3.63) is 72.1 Å². The summed E-state index contributed by atoms with van der Waals surface area (Å²) in [6.07, 6.45) is 1.50. The van der Waals surface area contributed by atoms with Crippen LogP contribution in [0.1, 0.15) is 22.8 Å². The van der Waals surface area contributed by atoms with Crippen molar-refractivity contribution in [2.24, 2.45) is 0 Å². The van der Waals surface area contributed by atoms with E-state index in [-0.39, 0.29) is 5.97 Å². The van der Waals surface area contributed by atoms with Crippen LogP contribution < -0.4 is 10.6 Å².